The fourth-order valence-electron chi connectivity index (χ4n) is 2.56. The third kappa shape index (κ3) is 3.86. The van der Waals surface area contributed by atoms with Gasteiger partial charge in [-0.25, -0.2) is 0 Å². The quantitative estimate of drug-likeness (QED) is 0.347. The molecule has 0 heterocycles. The fraction of sp³-hybridized carbons (Fsp3) is 0.769. The molecular weight excluding hydrogens is 325 g/mol. The Kier molecular flexibility index (Phi) is 5.28. The zero-order valence-electron chi connectivity index (χ0n) is 10.7. The van der Waals surface area contributed by atoms with E-state index in [1.165, 1.54) is 32.1 Å². The average molecular weight is 349 g/mol. The molecule has 0 aromatic rings. The summed E-state index contributed by atoms with van der Waals surface area (Å²) in [4.78, 5) is 4.49. The first-order chi connectivity index (χ1) is 7.62. The zero-order chi connectivity index (χ0) is 11.6. The Morgan fingerprint density at radius 3 is 2.53 bits per heavy atom. The lowest BCUT2D eigenvalue weighted by Gasteiger charge is -2.41. The fourth-order valence-corrected chi connectivity index (χ4v) is 2.56. The van der Waals surface area contributed by atoms with E-state index in [0.717, 1.165) is 24.6 Å². The van der Waals surface area contributed by atoms with Crippen molar-refractivity contribution < 1.29 is 0 Å². The number of nitrogens with two attached hydrogens (primary N) is 1. The van der Waals surface area contributed by atoms with Gasteiger partial charge in [0.1, 0.15) is 0 Å². The number of halogens is 1. The van der Waals surface area contributed by atoms with E-state index in [-0.39, 0.29) is 24.0 Å². The minimum Gasteiger partial charge on any atom is -0.370 e. The summed E-state index contributed by atoms with van der Waals surface area (Å²) < 4.78 is 0. The predicted octanol–water partition coefficient (Wildman–Crippen LogP) is 2.67. The third-order valence-electron chi connectivity index (χ3n) is 3.93. The van der Waals surface area contributed by atoms with Crippen LogP contribution in [-0.2, 0) is 0 Å². The maximum Gasteiger partial charge on any atom is 0.188 e. The van der Waals surface area contributed by atoms with Crippen molar-refractivity contribution >= 4 is 29.9 Å². The number of aliphatic imine (C=N–C) groups is 1. The first-order valence-corrected chi connectivity index (χ1v) is 6.31. The summed E-state index contributed by atoms with van der Waals surface area (Å²) in [5.74, 6) is 1.52. The van der Waals surface area contributed by atoms with Gasteiger partial charge in [0.05, 0.1) is 0 Å². The van der Waals surface area contributed by atoms with Gasteiger partial charge < -0.3 is 11.1 Å². The lowest BCUT2D eigenvalue weighted by molar-refractivity contribution is 0.113. The molecule has 2 fully saturated rings. The zero-order valence-corrected chi connectivity index (χ0v) is 13.0. The van der Waals surface area contributed by atoms with E-state index >= 15 is 0 Å². The molecule has 0 radical (unpaired) electrons. The lowest BCUT2D eigenvalue weighted by atomic mass is 9.65. The molecule has 3 N–H and O–H groups in total. The Bertz CT molecular complexity index is 304. The summed E-state index contributed by atoms with van der Waals surface area (Å²) in [6.07, 6.45) is 6.91. The van der Waals surface area contributed by atoms with Crippen molar-refractivity contribution in [1.29, 1.82) is 0 Å². The first kappa shape index (κ1) is 14.8. The van der Waals surface area contributed by atoms with E-state index in [9.17, 15) is 0 Å². The highest BCUT2D eigenvalue weighted by atomic mass is 127. The second-order valence-corrected chi connectivity index (χ2v) is 5.50. The van der Waals surface area contributed by atoms with E-state index in [2.05, 4.69) is 16.9 Å². The van der Waals surface area contributed by atoms with Crippen LogP contribution < -0.4 is 11.1 Å². The highest BCUT2D eigenvalue weighted by Gasteiger charge is 2.48. The van der Waals surface area contributed by atoms with E-state index in [4.69, 9.17) is 5.73 Å². The molecule has 0 amide bonds. The maximum absolute atomic E-state index is 5.83. The number of nitrogens with zero attached hydrogens (tertiary/aromatic N) is 1. The second kappa shape index (κ2) is 6.07. The van der Waals surface area contributed by atoms with Crippen LogP contribution in [-0.4, -0.2) is 19.0 Å². The van der Waals surface area contributed by atoms with Crippen molar-refractivity contribution in [3.05, 3.63) is 12.2 Å². The number of hydrogen-bond acceptors (Lipinski definition) is 1. The van der Waals surface area contributed by atoms with Crippen molar-refractivity contribution in [3.8, 4) is 0 Å². The van der Waals surface area contributed by atoms with Crippen LogP contribution in [0.5, 0.6) is 0 Å². The molecule has 0 unspecified atom stereocenters. The molecule has 0 bridgehead atoms. The van der Waals surface area contributed by atoms with Crippen LogP contribution in [0.4, 0.5) is 0 Å². The Morgan fingerprint density at radius 2 is 2.12 bits per heavy atom. The van der Waals surface area contributed by atoms with Gasteiger partial charge in [-0.15, -0.1) is 24.0 Å². The van der Waals surface area contributed by atoms with Gasteiger partial charge in [-0.1, -0.05) is 18.6 Å². The third-order valence-corrected chi connectivity index (χ3v) is 3.93. The van der Waals surface area contributed by atoms with Crippen LogP contribution in [0.25, 0.3) is 0 Å². The Labute approximate surface area is 121 Å². The van der Waals surface area contributed by atoms with Crippen molar-refractivity contribution in [2.24, 2.45) is 22.1 Å². The molecule has 4 heteroatoms. The normalized spacial score (nSPS) is 22.3. The molecule has 2 aliphatic rings. The molecule has 2 aliphatic carbocycles. The SMILES string of the molecule is C=C(C)CNC(N)=NCC1(C2CC2)CCC1.I. The van der Waals surface area contributed by atoms with Crippen molar-refractivity contribution in [2.45, 2.75) is 39.0 Å². The Balaban J connectivity index is 0.00000144. The van der Waals surface area contributed by atoms with Gasteiger partial charge in [-0.05, 0) is 43.9 Å². The van der Waals surface area contributed by atoms with Crippen LogP contribution in [0.2, 0.25) is 0 Å². The average Bonchev–Trinajstić information content (AvgIpc) is 2.97. The summed E-state index contributed by atoms with van der Waals surface area (Å²) in [7, 11) is 0. The van der Waals surface area contributed by atoms with Crippen molar-refractivity contribution in [1.82, 2.24) is 5.32 Å². The van der Waals surface area contributed by atoms with E-state index in [0.29, 0.717) is 11.4 Å². The predicted molar refractivity (Wildman–Crippen MR) is 83.7 cm³/mol. The smallest absolute Gasteiger partial charge is 0.188 e. The van der Waals surface area contributed by atoms with E-state index in [1.807, 2.05) is 6.92 Å². The van der Waals surface area contributed by atoms with Crippen LogP contribution in [0.1, 0.15) is 39.0 Å². The highest BCUT2D eigenvalue weighted by Crippen LogP contribution is 2.57. The van der Waals surface area contributed by atoms with Gasteiger partial charge >= 0.3 is 0 Å². The Morgan fingerprint density at radius 1 is 1.47 bits per heavy atom. The molecule has 17 heavy (non-hydrogen) atoms. The van der Waals surface area contributed by atoms with Gasteiger partial charge in [0.15, 0.2) is 5.96 Å². The van der Waals surface area contributed by atoms with Gasteiger partial charge in [-0.3, -0.25) is 4.99 Å². The van der Waals surface area contributed by atoms with E-state index in [1.54, 1.807) is 0 Å². The lowest BCUT2D eigenvalue weighted by Crippen LogP contribution is -2.38. The molecule has 0 aliphatic heterocycles. The van der Waals surface area contributed by atoms with Crippen LogP contribution in [0, 0.1) is 11.3 Å². The summed E-state index contributed by atoms with van der Waals surface area (Å²) in [5, 5.41) is 3.09. The van der Waals surface area contributed by atoms with Crippen LogP contribution in [0.3, 0.4) is 0 Å². The minimum absolute atomic E-state index is 0. The molecule has 98 valence electrons. The molecule has 3 nitrogen and oxygen atoms in total. The second-order valence-electron chi connectivity index (χ2n) is 5.50. The van der Waals surface area contributed by atoms with Crippen molar-refractivity contribution in [2.75, 3.05) is 13.1 Å². The molecule has 0 atom stereocenters. The summed E-state index contributed by atoms with van der Waals surface area (Å²) in [5.41, 5.74) is 7.43. The maximum atomic E-state index is 5.83. The minimum atomic E-state index is 0. The molecular formula is C13H24IN3. The number of guanidine groups is 1. The first-order valence-electron chi connectivity index (χ1n) is 6.31. The van der Waals surface area contributed by atoms with Gasteiger partial charge in [0.2, 0.25) is 0 Å². The molecule has 0 aromatic carbocycles. The molecule has 2 rings (SSSR count). The highest BCUT2D eigenvalue weighted by molar-refractivity contribution is 14.0. The summed E-state index contributed by atoms with van der Waals surface area (Å²) >= 11 is 0. The summed E-state index contributed by atoms with van der Waals surface area (Å²) in [6.45, 7) is 7.46. The van der Waals surface area contributed by atoms with Gasteiger partial charge in [-0.2, -0.15) is 0 Å². The number of nitrogens with one attached hydrogen (secondary N) is 1. The Hall–Kier alpha value is -0.260. The topological polar surface area (TPSA) is 50.4 Å². The summed E-state index contributed by atoms with van der Waals surface area (Å²) in [6, 6.07) is 0. The number of hydrogen-bond donors (Lipinski definition) is 2. The van der Waals surface area contributed by atoms with Gasteiger partial charge in [0.25, 0.3) is 0 Å². The molecule has 0 spiro atoms. The van der Waals surface area contributed by atoms with Crippen LogP contribution >= 0.6 is 24.0 Å². The van der Waals surface area contributed by atoms with E-state index < -0.39 is 0 Å². The molecule has 2 saturated carbocycles. The largest absolute Gasteiger partial charge is 0.370 e. The van der Waals surface area contributed by atoms with Gasteiger partial charge in [0, 0.05) is 13.1 Å². The van der Waals surface area contributed by atoms with Crippen molar-refractivity contribution in [3.63, 3.8) is 0 Å². The molecule has 0 aromatic heterocycles. The monoisotopic (exact) mass is 349 g/mol. The van der Waals surface area contributed by atoms with Crippen LogP contribution in [0.15, 0.2) is 17.1 Å². The molecule has 0 saturated heterocycles. The standard InChI is InChI=1S/C13H23N3.HI/c1-10(2)8-15-12(14)16-9-13(6-3-7-13)11-4-5-11;/h11H,1,3-9H2,2H3,(H3,14,15,16);1H. The number of rotatable bonds is 5.